The van der Waals surface area contributed by atoms with Crippen molar-refractivity contribution in [2.24, 2.45) is 0 Å². The highest BCUT2D eigenvalue weighted by Gasteiger charge is 2.45. The summed E-state index contributed by atoms with van der Waals surface area (Å²) in [5.74, 6) is 0. The fourth-order valence-electron chi connectivity index (χ4n) is 3.73. The molecule has 2 aliphatic rings. The fourth-order valence-corrected chi connectivity index (χ4v) is 5.92. The highest BCUT2D eigenvalue weighted by Crippen LogP contribution is 2.56. The van der Waals surface area contributed by atoms with Crippen LogP contribution in [-0.2, 0) is 10.9 Å². The normalized spacial score (nSPS) is 29.5. The Morgan fingerprint density at radius 2 is 1.67 bits per heavy atom. The van der Waals surface area contributed by atoms with E-state index in [4.69, 9.17) is 4.52 Å². The third-order valence-electron chi connectivity index (χ3n) is 4.83. The summed E-state index contributed by atoms with van der Waals surface area (Å²) in [6.45, 7) is 2.21. The average Bonchev–Trinajstić information content (AvgIpc) is 2.74. The van der Waals surface area contributed by atoms with Gasteiger partial charge in [-0.05, 0) is 45.8 Å². The van der Waals surface area contributed by atoms with Gasteiger partial charge in [0.1, 0.15) is 0 Å². The molecule has 3 rings (SSSR count). The minimum Gasteiger partial charge on any atom is -0.328 e. The molecule has 1 aliphatic carbocycles. The number of rotatable bonds is 4. The molecule has 1 aromatic carbocycles. The molecule has 0 aromatic heterocycles. The minimum atomic E-state index is -0.587. The Kier molecular flexibility index (Phi) is 4.96. The van der Waals surface area contributed by atoms with Gasteiger partial charge in [0.05, 0.1) is 6.10 Å². The van der Waals surface area contributed by atoms with Crippen molar-refractivity contribution in [2.75, 3.05) is 14.1 Å². The number of hydrogen-bond donors (Lipinski definition) is 0. The molecule has 0 unspecified atom stereocenters. The molecule has 0 radical (unpaired) electrons. The zero-order valence-electron chi connectivity index (χ0n) is 13.4. The second kappa shape index (κ2) is 6.75. The number of nitrogens with zero attached hydrogens (tertiary/aromatic N) is 2. The van der Waals surface area contributed by atoms with Crippen LogP contribution in [0.25, 0.3) is 0 Å². The molecule has 116 valence electrons. The molecule has 1 aromatic rings. The third-order valence-corrected chi connectivity index (χ3v) is 7.06. The standard InChI is InChI=1S/C17H27N2OP/c1-14(13-15-9-5-4-6-10-15)20-21-18(2)16-11-7-8-12-17(16)19(21)3/h4-6,9-10,14,16-17H,7-8,11-13H2,1-3H3/t14-,16-,17-/m1/s1. The van der Waals surface area contributed by atoms with Crippen molar-refractivity contribution in [3.8, 4) is 0 Å². The van der Waals surface area contributed by atoms with Gasteiger partial charge in [-0.25, -0.2) is 9.34 Å². The summed E-state index contributed by atoms with van der Waals surface area (Å²) in [5, 5.41) is 0. The van der Waals surface area contributed by atoms with Gasteiger partial charge in [0, 0.05) is 12.1 Å². The molecule has 0 bridgehead atoms. The van der Waals surface area contributed by atoms with E-state index in [1.165, 1.54) is 31.2 Å². The van der Waals surface area contributed by atoms with E-state index in [0.29, 0.717) is 12.1 Å². The Hall–Kier alpha value is -0.470. The summed E-state index contributed by atoms with van der Waals surface area (Å²) in [5.41, 5.74) is 1.36. The van der Waals surface area contributed by atoms with Crippen LogP contribution in [0.5, 0.6) is 0 Å². The molecule has 1 heterocycles. The quantitative estimate of drug-likeness (QED) is 0.781. The molecule has 3 nitrogen and oxygen atoms in total. The first-order valence-electron chi connectivity index (χ1n) is 8.13. The Balaban J connectivity index is 1.61. The van der Waals surface area contributed by atoms with E-state index in [-0.39, 0.29) is 6.10 Å². The molecule has 3 atom stereocenters. The monoisotopic (exact) mass is 306 g/mol. The van der Waals surface area contributed by atoms with E-state index in [0.717, 1.165) is 6.42 Å². The lowest BCUT2D eigenvalue weighted by Gasteiger charge is -2.28. The lowest BCUT2D eigenvalue weighted by atomic mass is 9.91. The molecule has 2 fully saturated rings. The van der Waals surface area contributed by atoms with Crippen LogP contribution in [0, 0.1) is 0 Å². The first kappa shape index (κ1) is 15.4. The van der Waals surface area contributed by atoms with Crippen molar-refractivity contribution < 1.29 is 4.52 Å². The van der Waals surface area contributed by atoms with E-state index < -0.39 is 8.45 Å². The van der Waals surface area contributed by atoms with Crippen LogP contribution < -0.4 is 0 Å². The summed E-state index contributed by atoms with van der Waals surface area (Å²) < 4.78 is 11.5. The SMILES string of the molecule is C[C@H](Cc1ccccc1)OP1N(C)[C@@H]2CCCC[C@H]2N1C. The van der Waals surface area contributed by atoms with Gasteiger partial charge in [-0.1, -0.05) is 43.2 Å². The molecule has 4 heteroatoms. The Morgan fingerprint density at radius 1 is 1.10 bits per heavy atom. The Morgan fingerprint density at radius 3 is 2.24 bits per heavy atom. The maximum atomic E-state index is 6.45. The smallest absolute Gasteiger partial charge is 0.188 e. The first-order chi connectivity index (χ1) is 10.2. The summed E-state index contributed by atoms with van der Waals surface area (Å²) in [7, 11) is 3.93. The van der Waals surface area contributed by atoms with Crippen molar-refractivity contribution in [3.05, 3.63) is 35.9 Å². The average molecular weight is 306 g/mol. The van der Waals surface area contributed by atoms with Crippen molar-refractivity contribution in [3.63, 3.8) is 0 Å². The summed E-state index contributed by atoms with van der Waals surface area (Å²) in [6.07, 6.45) is 6.69. The Bertz CT molecular complexity index is 437. The predicted octanol–water partition coefficient (Wildman–Crippen LogP) is 4.05. The number of hydrogen-bond acceptors (Lipinski definition) is 3. The molecule has 0 spiro atoms. The fraction of sp³-hybridized carbons (Fsp3) is 0.647. The van der Waals surface area contributed by atoms with Gasteiger partial charge in [0.15, 0.2) is 8.45 Å². The first-order valence-corrected chi connectivity index (χ1v) is 9.29. The second-order valence-electron chi connectivity index (χ2n) is 6.42. The van der Waals surface area contributed by atoms with E-state index in [2.05, 4.69) is 60.7 Å². The summed E-state index contributed by atoms with van der Waals surface area (Å²) >= 11 is 0. The van der Waals surface area contributed by atoms with Gasteiger partial charge >= 0.3 is 0 Å². The molecule has 0 amide bonds. The molecule has 1 saturated heterocycles. The number of fused-ring (bicyclic) bond motifs is 1. The van der Waals surface area contributed by atoms with Crippen molar-refractivity contribution in [1.82, 2.24) is 9.34 Å². The minimum absolute atomic E-state index is 0.267. The number of likely N-dealkylation sites (N-methyl/N-ethyl adjacent to an activating group) is 2. The summed E-state index contributed by atoms with van der Waals surface area (Å²) in [6, 6.07) is 12.1. The van der Waals surface area contributed by atoms with E-state index in [1.54, 1.807) is 0 Å². The van der Waals surface area contributed by atoms with Gasteiger partial charge < -0.3 is 4.52 Å². The molecule has 21 heavy (non-hydrogen) atoms. The largest absolute Gasteiger partial charge is 0.328 e. The third kappa shape index (κ3) is 3.32. The summed E-state index contributed by atoms with van der Waals surface area (Å²) in [4.78, 5) is 0. The lowest BCUT2D eigenvalue weighted by Crippen LogP contribution is -2.37. The van der Waals surface area contributed by atoms with Crippen LogP contribution in [0.15, 0.2) is 30.3 Å². The molecular formula is C17H27N2OP. The lowest BCUT2D eigenvalue weighted by molar-refractivity contribution is 0.219. The van der Waals surface area contributed by atoms with Crippen molar-refractivity contribution in [2.45, 2.75) is 57.2 Å². The Labute approximate surface area is 130 Å². The van der Waals surface area contributed by atoms with E-state index in [9.17, 15) is 0 Å². The van der Waals surface area contributed by atoms with Gasteiger partial charge in [0.25, 0.3) is 0 Å². The predicted molar refractivity (Wildman–Crippen MR) is 89.2 cm³/mol. The van der Waals surface area contributed by atoms with Crippen LogP contribution >= 0.6 is 8.45 Å². The van der Waals surface area contributed by atoms with Crippen LogP contribution in [0.3, 0.4) is 0 Å². The maximum Gasteiger partial charge on any atom is 0.188 e. The van der Waals surface area contributed by atoms with Gasteiger partial charge in [-0.15, -0.1) is 0 Å². The molecular weight excluding hydrogens is 279 g/mol. The highest BCUT2D eigenvalue weighted by molar-refractivity contribution is 7.47. The van der Waals surface area contributed by atoms with Crippen LogP contribution in [0.2, 0.25) is 0 Å². The maximum absolute atomic E-state index is 6.45. The molecule has 0 N–H and O–H groups in total. The van der Waals surface area contributed by atoms with Crippen LogP contribution in [0.1, 0.15) is 38.2 Å². The topological polar surface area (TPSA) is 15.7 Å². The molecule has 1 aliphatic heterocycles. The van der Waals surface area contributed by atoms with E-state index >= 15 is 0 Å². The zero-order chi connectivity index (χ0) is 14.8. The molecule has 1 saturated carbocycles. The van der Waals surface area contributed by atoms with E-state index in [1.807, 2.05) is 0 Å². The zero-order valence-corrected chi connectivity index (χ0v) is 14.3. The highest BCUT2D eigenvalue weighted by atomic mass is 31.2. The van der Waals surface area contributed by atoms with Crippen molar-refractivity contribution >= 4 is 8.45 Å². The van der Waals surface area contributed by atoms with Crippen LogP contribution in [-0.4, -0.2) is 41.6 Å². The van der Waals surface area contributed by atoms with Gasteiger partial charge in [0.2, 0.25) is 0 Å². The van der Waals surface area contributed by atoms with Crippen LogP contribution in [0.4, 0.5) is 0 Å². The van der Waals surface area contributed by atoms with Gasteiger partial charge in [-0.2, -0.15) is 0 Å². The second-order valence-corrected chi connectivity index (χ2v) is 8.40. The van der Waals surface area contributed by atoms with Crippen molar-refractivity contribution in [1.29, 1.82) is 0 Å². The number of benzene rings is 1. The van der Waals surface area contributed by atoms with Gasteiger partial charge in [-0.3, -0.25) is 0 Å².